The molecule has 0 saturated heterocycles. The summed E-state index contributed by atoms with van der Waals surface area (Å²) < 4.78 is 49.8. The van der Waals surface area contributed by atoms with E-state index in [0.717, 1.165) is 11.8 Å². The Hall–Kier alpha value is -3.24. The van der Waals surface area contributed by atoms with Gasteiger partial charge in [-0.25, -0.2) is 14.1 Å². The Morgan fingerprint density at radius 1 is 1.15 bits per heavy atom. The number of halogens is 3. The summed E-state index contributed by atoms with van der Waals surface area (Å²) in [7, 11) is 1.87. The number of aromatic carboxylic acids is 1. The van der Waals surface area contributed by atoms with Crippen LogP contribution >= 0.6 is 11.9 Å². The Balaban J connectivity index is 1.77. The van der Waals surface area contributed by atoms with Crippen molar-refractivity contribution in [2.45, 2.75) is 24.6 Å². The number of carbonyl (C=O) groups is 1. The van der Waals surface area contributed by atoms with E-state index in [9.17, 15) is 23.1 Å². The average Bonchev–Trinajstić information content (AvgIpc) is 2.95. The molecular weight excluding hydrogens is 467 g/mol. The van der Waals surface area contributed by atoms with Crippen LogP contribution in [-0.2, 0) is 12.8 Å². The van der Waals surface area contributed by atoms with Crippen LogP contribution in [0.4, 0.5) is 24.5 Å². The van der Waals surface area contributed by atoms with Gasteiger partial charge in [0.05, 0.1) is 16.1 Å². The molecule has 2 heterocycles. The number of aryl methyl sites for hydroxylation is 1. The zero-order chi connectivity index (χ0) is 24.5. The van der Waals surface area contributed by atoms with E-state index in [1.807, 2.05) is 46.6 Å². The van der Waals surface area contributed by atoms with Crippen LogP contribution < -0.4 is 9.64 Å². The van der Waals surface area contributed by atoms with Crippen LogP contribution in [0.3, 0.4) is 0 Å². The lowest BCUT2D eigenvalue weighted by Gasteiger charge is -2.26. The van der Waals surface area contributed by atoms with E-state index in [1.54, 1.807) is 13.0 Å². The molecule has 6 nitrogen and oxygen atoms in total. The average molecular weight is 490 g/mol. The maximum atomic E-state index is 14.1. The van der Waals surface area contributed by atoms with E-state index >= 15 is 0 Å². The lowest BCUT2D eigenvalue weighted by atomic mass is 10.1. The van der Waals surface area contributed by atoms with E-state index in [4.69, 9.17) is 4.74 Å². The number of fused-ring (bicyclic) bond motifs is 1. The van der Waals surface area contributed by atoms with Crippen molar-refractivity contribution in [3.63, 3.8) is 0 Å². The van der Waals surface area contributed by atoms with Crippen molar-refractivity contribution in [1.29, 1.82) is 0 Å². The standard InChI is InChI=1S/C24H22F3N3O3S/c1-15-8-9-16(22(28-15)23(31)32)14-33-20-13-21-19(12-18(20)24(25,26)27)30(11-10-29(2)34-21)17-6-4-3-5-7-17/h3-9,12-13H,10-11,14H2,1-2H3,(H,31,32). The Morgan fingerprint density at radius 3 is 2.56 bits per heavy atom. The topological polar surface area (TPSA) is 65.9 Å². The molecule has 10 heteroatoms. The van der Waals surface area contributed by atoms with Gasteiger partial charge in [0.15, 0.2) is 5.69 Å². The van der Waals surface area contributed by atoms with Crippen LogP contribution in [0, 0.1) is 6.92 Å². The number of alkyl halides is 3. The summed E-state index contributed by atoms with van der Waals surface area (Å²) in [5, 5.41) is 9.41. The monoisotopic (exact) mass is 489 g/mol. The minimum absolute atomic E-state index is 0.192. The summed E-state index contributed by atoms with van der Waals surface area (Å²) in [6.07, 6.45) is -4.67. The smallest absolute Gasteiger partial charge is 0.420 e. The van der Waals surface area contributed by atoms with Crippen LogP contribution in [0.5, 0.6) is 5.75 Å². The van der Waals surface area contributed by atoms with Crippen molar-refractivity contribution in [2.75, 3.05) is 25.0 Å². The Kier molecular flexibility index (Phi) is 6.72. The quantitative estimate of drug-likeness (QED) is 0.456. The second kappa shape index (κ2) is 9.55. The Bertz CT molecular complexity index is 1210. The summed E-state index contributed by atoms with van der Waals surface area (Å²) in [5.41, 5.74) is 0.739. The van der Waals surface area contributed by atoms with Crippen LogP contribution in [0.15, 0.2) is 59.5 Å². The van der Waals surface area contributed by atoms with Crippen LogP contribution in [0.1, 0.15) is 27.3 Å². The number of benzene rings is 2. The third-order valence-electron chi connectivity index (χ3n) is 5.32. The van der Waals surface area contributed by atoms with Crippen molar-refractivity contribution < 1.29 is 27.8 Å². The highest BCUT2D eigenvalue weighted by molar-refractivity contribution is 7.97. The molecule has 0 radical (unpaired) electrons. The first-order valence-electron chi connectivity index (χ1n) is 10.4. The van der Waals surface area contributed by atoms with E-state index in [-0.39, 0.29) is 23.6 Å². The number of hydrogen-bond acceptors (Lipinski definition) is 6. The molecule has 0 atom stereocenters. The van der Waals surface area contributed by atoms with Gasteiger partial charge in [-0.15, -0.1) is 0 Å². The number of pyridine rings is 1. The molecule has 1 aliphatic heterocycles. The molecule has 0 fully saturated rings. The summed E-state index contributed by atoms with van der Waals surface area (Å²) >= 11 is 1.33. The van der Waals surface area contributed by atoms with E-state index in [0.29, 0.717) is 29.4 Å². The fourth-order valence-electron chi connectivity index (χ4n) is 3.67. The molecule has 3 aromatic rings. The zero-order valence-corrected chi connectivity index (χ0v) is 19.3. The fourth-order valence-corrected chi connectivity index (χ4v) is 4.60. The molecule has 178 valence electrons. The van der Waals surface area contributed by atoms with Gasteiger partial charge in [-0.05, 0) is 56.3 Å². The molecular formula is C24H22F3N3O3S. The van der Waals surface area contributed by atoms with Crippen LogP contribution in [0.2, 0.25) is 0 Å². The number of hydrogen-bond donors (Lipinski definition) is 1. The third-order valence-corrected chi connectivity index (χ3v) is 6.34. The maximum absolute atomic E-state index is 14.1. The summed E-state index contributed by atoms with van der Waals surface area (Å²) in [4.78, 5) is 18.0. The molecule has 4 rings (SSSR count). The normalized spacial score (nSPS) is 14.4. The van der Waals surface area contributed by atoms with Gasteiger partial charge in [0.2, 0.25) is 0 Å². The number of ether oxygens (including phenoxy) is 1. The van der Waals surface area contributed by atoms with Gasteiger partial charge in [0.25, 0.3) is 0 Å². The van der Waals surface area contributed by atoms with Gasteiger partial charge in [-0.2, -0.15) is 13.2 Å². The Labute approximate surface area is 199 Å². The van der Waals surface area contributed by atoms with Crippen molar-refractivity contribution in [2.24, 2.45) is 0 Å². The molecule has 34 heavy (non-hydrogen) atoms. The molecule has 0 saturated carbocycles. The van der Waals surface area contributed by atoms with Gasteiger partial charge < -0.3 is 14.7 Å². The molecule has 2 aromatic carbocycles. The molecule has 1 aliphatic rings. The van der Waals surface area contributed by atoms with Crippen LogP contribution in [0.25, 0.3) is 0 Å². The van der Waals surface area contributed by atoms with Crippen molar-refractivity contribution in [3.8, 4) is 5.75 Å². The summed E-state index contributed by atoms with van der Waals surface area (Å²) in [6.45, 7) is 2.41. The zero-order valence-electron chi connectivity index (χ0n) is 18.5. The van der Waals surface area contributed by atoms with Gasteiger partial charge in [-0.1, -0.05) is 24.3 Å². The summed E-state index contributed by atoms with van der Waals surface area (Å²) in [5.74, 6) is -1.63. The molecule has 0 unspecified atom stereocenters. The number of carboxylic acids is 1. The highest BCUT2D eigenvalue weighted by atomic mass is 32.2. The number of anilines is 2. The predicted molar refractivity (Wildman–Crippen MR) is 124 cm³/mol. The number of aromatic nitrogens is 1. The highest BCUT2D eigenvalue weighted by Crippen LogP contribution is 2.46. The second-order valence-corrected chi connectivity index (χ2v) is 9.04. The van der Waals surface area contributed by atoms with Gasteiger partial charge in [0, 0.05) is 30.0 Å². The van der Waals surface area contributed by atoms with Gasteiger partial charge in [-0.3, -0.25) is 0 Å². The van der Waals surface area contributed by atoms with E-state index in [1.165, 1.54) is 24.1 Å². The molecule has 0 bridgehead atoms. The predicted octanol–water partition coefficient (Wildman–Crippen LogP) is 5.78. The number of rotatable bonds is 5. The number of likely N-dealkylation sites (N-methyl/N-ethyl adjacent to an activating group) is 1. The number of para-hydroxylation sites is 1. The lowest BCUT2D eigenvalue weighted by molar-refractivity contribution is -0.139. The molecule has 1 N–H and O–H groups in total. The van der Waals surface area contributed by atoms with Crippen molar-refractivity contribution in [3.05, 3.63) is 77.1 Å². The minimum atomic E-state index is -4.67. The number of nitrogens with zero attached hydrogens (tertiary/aromatic N) is 3. The molecule has 0 aliphatic carbocycles. The second-order valence-electron chi connectivity index (χ2n) is 7.80. The minimum Gasteiger partial charge on any atom is -0.488 e. The van der Waals surface area contributed by atoms with Crippen LogP contribution in [-0.4, -0.2) is 40.5 Å². The number of carboxylic acid groups (broad SMARTS) is 1. The van der Waals surface area contributed by atoms with Crippen molar-refractivity contribution in [1.82, 2.24) is 9.29 Å². The fraction of sp³-hybridized carbons (Fsp3) is 0.250. The van der Waals surface area contributed by atoms with Gasteiger partial charge in [0.1, 0.15) is 12.4 Å². The molecule has 0 amide bonds. The summed E-state index contributed by atoms with van der Waals surface area (Å²) in [6, 6.07) is 14.8. The third kappa shape index (κ3) is 5.13. The lowest BCUT2D eigenvalue weighted by Crippen LogP contribution is -2.24. The highest BCUT2D eigenvalue weighted by Gasteiger charge is 2.37. The first-order valence-corrected chi connectivity index (χ1v) is 11.2. The van der Waals surface area contributed by atoms with Gasteiger partial charge >= 0.3 is 12.1 Å². The van der Waals surface area contributed by atoms with E-state index < -0.39 is 17.7 Å². The largest absolute Gasteiger partial charge is 0.488 e. The molecule has 1 aromatic heterocycles. The Morgan fingerprint density at radius 2 is 1.88 bits per heavy atom. The first-order chi connectivity index (χ1) is 16.1. The molecule has 0 spiro atoms. The van der Waals surface area contributed by atoms with E-state index in [2.05, 4.69) is 4.98 Å². The first kappa shape index (κ1) is 23.9. The SMILES string of the molecule is Cc1ccc(COc2cc3c(cc2C(F)(F)F)N(c2ccccc2)CCN(C)S3)c(C(=O)O)n1. The maximum Gasteiger partial charge on any atom is 0.420 e. The van der Waals surface area contributed by atoms with Crippen molar-refractivity contribution >= 4 is 29.3 Å².